The number of fused-ring (bicyclic) bond motifs is 1. The van der Waals surface area contributed by atoms with E-state index in [0.717, 1.165) is 54.3 Å². The highest BCUT2D eigenvalue weighted by molar-refractivity contribution is 7.44. The maximum atomic E-state index is 13.9. The summed E-state index contributed by atoms with van der Waals surface area (Å²) in [6.07, 6.45) is -4.73. The Morgan fingerprint density at radius 1 is 0.714 bits per heavy atom. The van der Waals surface area contributed by atoms with Gasteiger partial charge in [0.05, 0.1) is 112 Å². The molecule has 0 bridgehead atoms. The van der Waals surface area contributed by atoms with Crippen LogP contribution in [0.2, 0.25) is 0 Å². The summed E-state index contributed by atoms with van der Waals surface area (Å²) in [6, 6.07) is 30.8. The molecule has 98 heavy (non-hydrogen) atoms. The Labute approximate surface area is 568 Å². The standard InChI is InChI=1S/C68H86F3N10O16P/c1-45(2)61(83)78-66-77-60-59(63(85)79-66)75-52(41-74-60)42-80(65(87)68(69,70)71)53-23-17-48(18-24-53)62(84)76-57(64(86)90-9)29-30-58(82)73-32-14-33-91-35-36-92-37-38-93-39-40-94-43-56(97-98(96-34-13-31-72)81(46(3)4)47(5)6)44-95-67(49-15-11-10-12-16-49,50-19-25-54(88-7)26-20-50)51-21-27-55(89-8)28-22-51/h10-12,15-28,41,45-47,56-57H,13-14,29-30,32-40,42-44H2,1-9H3,(H,73,82)(H,76,84)(H2,74,77,78,79,83,85)/t56?,57-,98?/m1/s1. The minimum atomic E-state index is -5.36. The van der Waals surface area contributed by atoms with Gasteiger partial charge in [-0.15, -0.1) is 0 Å². The molecule has 0 saturated carbocycles. The number of anilines is 2. The number of halogens is 3. The van der Waals surface area contributed by atoms with Crippen LogP contribution in [0.1, 0.15) is 100.0 Å². The maximum absolute atomic E-state index is 13.9. The van der Waals surface area contributed by atoms with Gasteiger partial charge >= 0.3 is 18.1 Å². The van der Waals surface area contributed by atoms with Crippen LogP contribution in [0.5, 0.6) is 11.5 Å². The maximum Gasteiger partial charge on any atom is 0.471 e. The number of carbonyl (C=O) groups excluding carboxylic acids is 5. The molecule has 6 aromatic rings. The Bertz CT molecular complexity index is 3530. The van der Waals surface area contributed by atoms with Crippen molar-refractivity contribution in [3.8, 4) is 17.6 Å². The third-order valence-electron chi connectivity index (χ3n) is 14.7. The van der Waals surface area contributed by atoms with E-state index in [1.165, 1.54) is 0 Å². The Kier molecular flexibility index (Phi) is 31.8. The normalized spacial score (nSPS) is 12.7. The molecule has 2 heterocycles. The van der Waals surface area contributed by atoms with Gasteiger partial charge in [0.1, 0.15) is 29.2 Å². The molecule has 0 spiro atoms. The van der Waals surface area contributed by atoms with E-state index >= 15 is 0 Å². The monoisotopic (exact) mass is 1390 g/mol. The number of H-pyrrole nitrogens is 1. The van der Waals surface area contributed by atoms with Crippen LogP contribution in [0.4, 0.5) is 24.8 Å². The van der Waals surface area contributed by atoms with E-state index in [0.29, 0.717) is 29.4 Å². The Morgan fingerprint density at radius 3 is 1.85 bits per heavy atom. The molecular weight excluding hydrogens is 1300 g/mol. The largest absolute Gasteiger partial charge is 0.497 e. The van der Waals surface area contributed by atoms with E-state index in [-0.39, 0.29) is 131 Å². The first kappa shape index (κ1) is 78.4. The first-order chi connectivity index (χ1) is 47.0. The lowest BCUT2D eigenvalue weighted by atomic mass is 9.80. The molecule has 30 heteroatoms. The van der Waals surface area contributed by atoms with Gasteiger partial charge in [0.15, 0.2) is 11.2 Å². The van der Waals surface area contributed by atoms with Crippen molar-refractivity contribution in [2.75, 3.05) is 104 Å². The number of hydrogen-bond acceptors (Lipinski definition) is 21. The Hall–Kier alpha value is -8.56. The summed E-state index contributed by atoms with van der Waals surface area (Å²) in [5.41, 5.74) is -0.688. The summed E-state index contributed by atoms with van der Waals surface area (Å²) < 4.78 is 104. The lowest BCUT2D eigenvalue weighted by molar-refractivity contribution is -0.170. The van der Waals surface area contributed by atoms with Crippen molar-refractivity contribution in [1.82, 2.24) is 35.2 Å². The number of nitriles is 1. The number of amides is 4. The van der Waals surface area contributed by atoms with Gasteiger partial charge in [0, 0.05) is 48.8 Å². The number of hydrogen-bond donors (Lipinski definition) is 4. The van der Waals surface area contributed by atoms with Gasteiger partial charge in [0.2, 0.25) is 17.8 Å². The molecule has 26 nitrogen and oxygen atoms in total. The van der Waals surface area contributed by atoms with E-state index in [1.807, 2.05) is 78.9 Å². The van der Waals surface area contributed by atoms with Gasteiger partial charge in [-0.2, -0.15) is 23.4 Å². The number of nitrogens with zero attached hydrogens (tertiary/aromatic N) is 6. The highest BCUT2D eigenvalue weighted by atomic mass is 31.2. The first-order valence-electron chi connectivity index (χ1n) is 31.8. The molecule has 3 atom stereocenters. The second kappa shape index (κ2) is 39.7. The fourth-order valence-corrected chi connectivity index (χ4v) is 11.5. The molecule has 2 unspecified atom stereocenters. The van der Waals surface area contributed by atoms with Crippen molar-refractivity contribution >= 4 is 60.9 Å². The van der Waals surface area contributed by atoms with Gasteiger partial charge in [-0.1, -0.05) is 68.4 Å². The smallest absolute Gasteiger partial charge is 0.471 e. The fraction of sp³-hybridized carbons (Fsp3) is 0.471. The van der Waals surface area contributed by atoms with Crippen LogP contribution in [-0.4, -0.2) is 179 Å². The van der Waals surface area contributed by atoms with Crippen LogP contribution < -0.4 is 35.9 Å². The van der Waals surface area contributed by atoms with Crippen LogP contribution in [0.3, 0.4) is 0 Å². The quantitative estimate of drug-likeness (QED) is 0.0120. The van der Waals surface area contributed by atoms with Crippen molar-refractivity contribution in [3.63, 3.8) is 0 Å². The van der Waals surface area contributed by atoms with E-state index < -0.39 is 80.1 Å². The number of aromatic nitrogens is 4. The summed E-state index contributed by atoms with van der Waals surface area (Å²) in [5, 5.41) is 17.1. The topological polar surface area (TPSA) is 316 Å². The highest BCUT2D eigenvalue weighted by Crippen LogP contribution is 2.48. The predicted octanol–water partition coefficient (Wildman–Crippen LogP) is 8.71. The van der Waals surface area contributed by atoms with Crippen LogP contribution >= 0.6 is 8.53 Å². The highest BCUT2D eigenvalue weighted by Gasteiger charge is 2.44. The number of aromatic amines is 1. The first-order valence-corrected chi connectivity index (χ1v) is 32.9. The van der Waals surface area contributed by atoms with Crippen molar-refractivity contribution in [3.05, 3.63) is 148 Å². The Balaban J connectivity index is 0.927. The summed E-state index contributed by atoms with van der Waals surface area (Å²) in [5.74, 6) is -4.16. The molecule has 0 fully saturated rings. The summed E-state index contributed by atoms with van der Waals surface area (Å²) >= 11 is 0. The van der Waals surface area contributed by atoms with Crippen LogP contribution in [0.15, 0.2) is 114 Å². The van der Waals surface area contributed by atoms with Gasteiger partial charge in [0.25, 0.3) is 20.0 Å². The zero-order valence-corrected chi connectivity index (χ0v) is 57.3. The molecule has 6 rings (SSSR count). The lowest BCUT2D eigenvalue weighted by Crippen LogP contribution is -2.42. The second-order valence-corrected chi connectivity index (χ2v) is 24.2. The minimum Gasteiger partial charge on any atom is -0.497 e. The fourth-order valence-electron chi connectivity index (χ4n) is 9.83. The van der Waals surface area contributed by atoms with Crippen LogP contribution in [0.25, 0.3) is 11.2 Å². The average Bonchev–Trinajstić information content (AvgIpc) is 0.752. The van der Waals surface area contributed by atoms with Crippen molar-refractivity contribution in [2.45, 2.75) is 110 Å². The molecule has 4 N–H and O–H groups in total. The number of methoxy groups -OCH3 is 3. The number of rotatable bonds is 42. The van der Waals surface area contributed by atoms with Crippen molar-refractivity contribution < 1.29 is 84.1 Å². The molecule has 4 aromatic carbocycles. The third kappa shape index (κ3) is 23.6. The zero-order chi connectivity index (χ0) is 71.2. The zero-order valence-electron chi connectivity index (χ0n) is 56.4. The van der Waals surface area contributed by atoms with Crippen LogP contribution in [0, 0.1) is 17.2 Å². The summed E-state index contributed by atoms with van der Waals surface area (Å²) in [4.78, 5) is 91.3. The van der Waals surface area contributed by atoms with E-state index in [4.69, 9.17) is 46.9 Å². The van der Waals surface area contributed by atoms with Crippen molar-refractivity contribution in [1.29, 1.82) is 5.26 Å². The molecule has 2 aromatic heterocycles. The van der Waals surface area contributed by atoms with Gasteiger partial charge in [-0.3, -0.25) is 39.2 Å². The molecule has 0 radical (unpaired) electrons. The minimum absolute atomic E-state index is 0.0402. The average molecular weight is 1390 g/mol. The molecule has 0 aliphatic rings. The lowest BCUT2D eigenvalue weighted by Gasteiger charge is -2.39. The molecule has 0 aliphatic carbocycles. The van der Waals surface area contributed by atoms with E-state index in [9.17, 15) is 47.2 Å². The van der Waals surface area contributed by atoms with E-state index in [2.05, 4.69) is 74.3 Å². The summed E-state index contributed by atoms with van der Waals surface area (Å²) in [7, 11) is 2.63. The van der Waals surface area contributed by atoms with Crippen molar-refractivity contribution in [2.24, 2.45) is 5.92 Å². The second-order valence-electron chi connectivity index (χ2n) is 22.8. The Morgan fingerprint density at radius 2 is 1.30 bits per heavy atom. The number of nitrogens with one attached hydrogen (secondary N) is 4. The van der Waals surface area contributed by atoms with Gasteiger partial charge in [-0.05, 0) is 106 Å². The van der Waals surface area contributed by atoms with Crippen LogP contribution in [-0.2, 0) is 68.8 Å². The number of carbonyl (C=O) groups is 5. The number of esters is 1. The summed E-state index contributed by atoms with van der Waals surface area (Å²) in [6.45, 7) is 13.2. The van der Waals surface area contributed by atoms with E-state index in [1.54, 1.807) is 28.1 Å². The molecule has 530 valence electrons. The molecule has 0 aliphatic heterocycles. The number of alkyl halides is 3. The number of benzene rings is 4. The SMILES string of the molecule is COC(=O)[C@@H](CCC(=O)NCCCOCCOCCOCCOCC(COC(c1ccccc1)(c1ccc(OC)cc1)c1ccc(OC)cc1)OP(OCCC#N)N(C(C)C)C(C)C)NC(=O)c1ccc(N(Cc2cnc3nc(NC(=O)C(C)C)[nH]c(=O)c3n2)C(=O)C(F)(F)F)cc1. The molecule has 4 amide bonds. The number of ether oxygens (including phenoxy) is 8. The molecule has 0 saturated heterocycles. The third-order valence-corrected chi connectivity index (χ3v) is 16.9. The van der Waals surface area contributed by atoms with Gasteiger partial charge in [-0.25, -0.2) is 19.4 Å². The predicted molar refractivity (Wildman–Crippen MR) is 357 cm³/mol. The van der Waals surface area contributed by atoms with Gasteiger partial charge < -0.3 is 57.6 Å². The molecular formula is C68H86F3N10O16P.